The molecule has 0 fully saturated rings. The van der Waals surface area contributed by atoms with Crippen molar-refractivity contribution in [2.45, 2.75) is 20.8 Å². The SMILES string of the molecule is C=C/C=C(/C)C(=S)N(CC)CC. The van der Waals surface area contributed by atoms with E-state index in [-0.39, 0.29) is 0 Å². The zero-order valence-electron chi connectivity index (χ0n) is 8.13. The molecule has 0 radical (unpaired) electrons. The third kappa shape index (κ3) is 3.18. The Labute approximate surface area is 80.8 Å². The first-order valence-electron chi connectivity index (χ1n) is 4.25. The Balaban J connectivity index is 4.35. The maximum absolute atomic E-state index is 5.27. The van der Waals surface area contributed by atoms with Crippen LogP contribution in [0.5, 0.6) is 0 Å². The van der Waals surface area contributed by atoms with Crippen molar-refractivity contribution in [3.8, 4) is 0 Å². The van der Waals surface area contributed by atoms with Crippen molar-refractivity contribution < 1.29 is 0 Å². The van der Waals surface area contributed by atoms with Gasteiger partial charge in [-0.2, -0.15) is 0 Å². The van der Waals surface area contributed by atoms with E-state index in [0.717, 1.165) is 23.7 Å². The molecule has 0 atom stereocenters. The zero-order valence-corrected chi connectivity index (χ0v) is 8.95. The fourth-order valence-corrected chi connectivity index (χ4v) is 1.33. The summed E-state index contributed by atoms with van der Waals surface area (Å²) < 4.78 is 0. The molecule has 0 aromatic rings. The summed E-state index contributed by atoms with van der Waals surface area (Å²) in [5.74, 6) is 0. The van der Waals surface area contributed by atoms with Gasteiger partial charge in [-0.05, 0) is 26.3 Å². The van der Waals surface area contributed by atoms with Crippen LogP contribution in [0.3, 0.4) is 0 Å². The molecular weight excluding hydrogens is 166 g/mol. The van der Waals surface area contributed by atoms with Crippen molar-refractivity contribution in [3.63, 3.8) is 0 Å². The molecular formula is C10H17NS. The van der Waals surface area contributed by atoms with Gasteiger partial charge in [-0.3, -0.25) is 0 Å². The molecule has 0 aromatic carbocycles. The first kappa shape index (κ1) is 11.4. The summed E-state index contributed by atoms with van der Waals surface area (Å²) >= 11 is 5.27. The highest BCUT2D eigenvalue weighted by Crippen LogP contribution is 2.03. The van der Waals surface area contributed by atoms with E-state index in [1.165, 1.54) is 0 Å². The summed E-state index contributed by atoms with van der Waals surface area (Å²) in [6.45, 7) is 11.8. The highest BCUT2D eigenvalue weighted by molar-refractivity contribution is 7.80. The number of likely N-dealkylation sites (N-methyl/N-ethyl adjacent to an activating group) is 1. The first-order valence-corrected chi connectivity index (χ1v) is 4.66. The van der Waals surface area contributed by atoms with Crippen LogP contribution in [0.25, 0.3) is 0 Å². The highest BCUT2D eigenvalue weighted by Gasteiger charge is 2.05. The van der Waals surface area contributed by atoms with Gasteiger partial charge in [-0.1, -0.05) is 30.9 Å². The normalized spacial score (nSPS) is 11.1. The molecule has 0 aliphatic heterocycles. The minimum Gasteiger partial charge on any atom is -0.363 e. The van der Waals surface area contributed by atoms with Crippen LogP contribution < -0.4 is 0 Å². The second-order valence-electron chi connectivity index (χ2n) is 2.56. The number of nitrogens with zero attached hydrogens (tertiary/aromatic N) is 1. The Morgan fingerprint density at radius 1 is 1.42 bits per heavy atom. The molecule has 0 saturated carbocycles. The largest absolute Gasteiger partial charge is 0.363 e. The number of hydrogen-bond acceptors (Lipinski definition) is 1. The van der Waals surface area contributed by atoms with Gasteiger partial charge < -0.3 is 4.90 Å². The zero-order chi connectivity index (χ0) is 9.56. The quantitative estimate of drug-likeness (QED) is 0.374. The predicted octanol–water partition coefficient (Wildman–Crippen LogP) is 2.79. The molecule has 12 heavy (non-hydrogen) atoms. The lowest BCUT2D eigenvalue weighted by Gasteiger charge is -2.21. The Kier molecular flexibility index (Phi) is 5.64. The van der Waals surface area contributed by atoms with Crippen molar-refractivity contribution >= 4 is 17.2 Å². The van der Waals surface area contributed by atoms with Gasteiger partial charge in [0.15, 0.2) is 0 Å². The summed E-state index contributed by atoms with van der Waals surface area (Å²) in [6.07, 6.45) is 3.71. The lowest BCUT2D eigenvalue weighted by molar-refractivity contribution is 0.474. The molecule has 0 saturated heterocycles. The summed E-state index contributed by atoms with van der Waals surface area (Å²) in [5, 5.41) is 0. The van der Waals surface area contributed by atoms with Gasteiger partial charge in [0.1, 0.15) is 4.99 Å². The van der Waals surface area contributed by atoms with E-state index in [0.29, 0.717) is 0 Å². The van der Waals surface area contributed by atoms with E-state index >= 15 is 0 Å². The van der Waals surface area contributed by atoms with Crippen molar-refractivity contribution in [2.24, 2.45) is 0 Å². The Morgan fingerprint density at radius 3 is 2.25 bits per heavy atom. The maximum atomic E-state index is 5.27. The molecule has 0 unspecified atom stereocenters. The summed E-state index contributed by atoms with van der Waals surface area (Å²) in [5.41, 5.74) is 1.11. The van der Waals surface area contributed by atoms with E-state index in [4.69, 9.17) is 12.2 Å². The van der Waals surface area contributed by atoms with E-state index < -0.39 is 0 Å². The van der Waals surface area contributed by atoms with Crippen LogP contribution in [0.2, 0.25) is 0 Å². The Morgan fingerprint density at radius 2 is 1.92 bits per heavy atom. The smallest absolute Gasteiger partial charge is 0.104 e. The summed E-state index contributed by atoms with van der Waals surface area (Å²) in [7, 11) is 0. The van der Waals surface area contributed by atoms with Crippen molar-refractivity contribution in [1.82, 2.24) is 4.90 Å². The molecule has 0 N–H and O–H groups in total. The topological polar surface area (TPSA) is 3.24 Å². The van der Waals surface area contributed by atoms with Crippen molar-refractivity contribution in [2.75, 3.05) is 13.1 Å². The predicted molar refractivity (Wildman–Crippen MR) is 59.5 cm³/mol. The van der Waals surface area contributed by atoms with E-state index in [1.54, 1.807) is 6.08 Å². The van der Waals surface area contributed by atoms with Gasteiger partial charge in [0, 0.05) is 13.1 Å². The minimum absolute atomic E-state index is 0.930. The lowest BCUT2D eigenvalue weighted by atomic mass is 10.2. The first-order chi connectivity index (χ1) is 5.67. The average Bonchev–Trinajstić information content (AvgIpc) is 2.07. The van der Waals surface area contributed by atoms with Crippen LogP contribution in [-0.2, 0) is 0 Å². The number of thiocarbonyl (C=S) groups is 1. The number of rotatable bonds is 4. The summed E-state index contributed by atoms with van der Waals surface area (Å²) in [4.78, 5) is 3.09. The third-order valence-corrected chi connectivity index (χ3v) is 2.34. The fraction of sp³-hybridized carbons (Fsp3) is 0.500. The van der Waals surface area contributed by atoms with Gasteiger partial charge in [-0.15, -0.1) is 0 Å². The van der Waals surface area contributed by atoms with Crippen molar-refractivity contribution in [1.29, 1.82) is 0 Å². The van der Waals surface area contributed by atoms with Gasteiger partial charge in [0.25, 0.3) is 0 Å². The van der Waals surface area contributed by atoms with Crippen LogP contribution in [-0.4, -0.2) is 23.0 Å². The number of allylic oxidation sites excluding steroid dienone is 2. The van der Waals surface area contributed by atoms with Crippen LogP contribution in [0.15, 0.2) is 24.3 Å². The Hall–Kier alpha value is -0.630. The lowest BCUT2D eigenvalue weighted by Crippen LogP contribution is -2.29. The molecule has 1 nitrogen and oxygen atoms in total. The minimum atomic E-state index is 0.930. The molecule has 0 aliphatic rings. The van der Waals surface area contributed by atoms with Gasteiger partial charge >= 0.3 is 0 Å². The second kappa shape index (κ2) is 5.95. The van der Waals surface area contributed by atoms with E-state index in [1.807, 2.05) is 13.0 Å². The molecule has 0 bridgehead atoms. The molecule has 0 heterocycles. The van der Waals surface area contributed by atoms with Crippen LogP contribution in [0, 0.1) is 0 Å². The molecule has 0 spiro atoms. The third-order valence-electron chi connectivity index (χ3n) is 1.76. The van der Waals surface area contributed by atoms with Crippen molar-refractivity contribution in [3.05, 3.63) is 24.3 Å². The van der Waals surface area contributed by atoms with Crippen LogP contribution in [0.1, 0.15) is 20.8 Å². The highest BCUT2D eigenvalue weighted by atomic mass is 32.1. The van der Waals surface area contributed by atoms with Crippen LogP contribution >= 0.6 is 12.2 Å². The Bertz CT molecular complexity index is 190. The summed E-state index contributed by atoms with van der Waals surface area (Å²) in [6, 6.07) is 0. The molecule has 68 valence electrons. The van der Waals surface area contributed by atoms with Gasteiger partial charge in [0.2, 0.25) is 0 Å². The van der Waals surface area contributed by atoms with E-state index in [2.05, 4.69) is 25.3 Å². The van der Waals surface area contributed by atoms with Gasteiger partial charge in [0.05, 0.1) is 0 Å². The van der Waals surface area contributed by atoms with E-state index in [9.17, 15) is 0 Å². The average molecular weight is 183 g/mol. The fourth-order valence-electron chi connectivity index (χ4n) is 1.01. The second-order valence-corrected chi connectivity index (χ2v) is 2.95. The monoisotopic (exact) mass is 183 g/mol. The molecule has 0 aliphatic carbocycles. The standard InChI is InChI=1S/C10H17NS/c1-5-8-9(4)10(12)11(6-2)7-3/h5,8H,1,6-7H2,2-4H3/b9-8-. The van der Waals surface area contributed by atoms with Crippen LogP contribution in [0.4, 0.5) is 0 Å². The maximum Gasteiger partial charge on any atom is 0.104 e. The van der Waals surface area contributed by atoms with Gasteiger partial charge in [-0.25, -0.2) is 0 Å². The molecule has 0 aromatic heterocycles. The molecule has 2 heteroatoms. The molecule has 0 rings (SSSR count). The number of hydrogen-bond donors (Lipinski definition) is 0. The molecule has 0 amide bonds.